The van der Waals surface area contributed by atoms with E-state index in [1.807, 2.05) is 0 Å². The highest BCUT2D eigenvalue weighted by atomic mass is 35.5. The molecule has 8 heteroatoms. The molecule has 0 aliphatic heterocycles. The highest BCUT2D eigenvalue weighted by molar-refractivity contribution is 6.32. The lowest BCUT2D eigenvalue weighted by Gasteiger charge is -2.07. The molecule has 0 aliphatic rings. The molecule has 1 N–H and O–H groups in total. The molecule has 0 saturated heterocycles. The van der Waals surface area contributed by atoms with Gasteiger partial charge in [0, 0.05) is 11.3 Å². The molecule has 0 atom stereocenters. The van der Waals surface area contributed by atoms with Crippen LogP contribution in [0.3, 0.4) is 0 Å². The molecule has 2 aromatic carbocycles. The molecule has 0 unspecified atom stereocenters. The maximum atomic E-state index is 13.2. The SMILES string of the molecule is COc1ccc(NC(=O)Cc2nnc(-c3cccc(F)c3)o2)cc1Cl. The number of rotatable bonds is 5. The smallest absolute Gasteiger partial charge is 0.247 e. The monoisotopic (exact) mass is 361 g/mol. The summed E-state index contributed by atoms with van der Waals surface area (Å²) in [6.45, 7) is 0. The van der Waals surface area contributed by atoms with Crippen LogP contribution in [0, 0.1) is 5.82 Å². The van der Waals surface area contributed by atoms with Crippen molar-refractivity contribution in [3.63, 3.8) is 0 Å². The molecule has 3 rings (SSSR count). The van der Waals surface area contributed by atoms with Crippen LogP contribution in [0.15, 0.2) is 46.9 Å². The number of carbonyl (C=O) groups is 1. The van der Waals surface area contributed by atoms with E-state index in [9.17, 15) is 9.18 Å². The van der Waals surface area contributed by atoms with Crippen LogP contribution in [0.2, 0.25) is 5.02 Å². The van der Waals surface area contributed by atoms with Crippen molar-refractivity contribution in [3.05, 3.63) is 59.2 Å². The van der Waals surface area contributed by atoms with Gasteiger partial charge in [0.25, 0.3) is 0 Å². The molecular formula is C17H13ClFN3O3. The fraction of sp³-hybridized carbons (Fsp3) is 0.118. The largest absolute Gasteiger partial charge is 0.495 e. The van der Waals surface area contributed by atoms with Crippen molar-refractivity contribution < 1.29 is 18.3 Å². The van der Waals surface area contributed by atoms with Gasteiger partial charge in [-0.3, -0.25) is 4.79 Å². The van der Waals surface area contributed by atoms with Gasteiger partial charge in [0.1, 0.15) is 18.0 Å². The minimum absolute atomic E-state index is 0.119. The Morgan fingerprint density at radius 1 is 1.28 bits per heavy atom. The van der Waals surface area contributed by atoms with Crippen LogP contribution in [0.5, 0.6) is 5.75 Å². The van der Waals surface area contributed by atoms with Crippen molar-refractivity contribution in [2.75, 3.05) is 12.4 Å². The second kappa shape index (κ2) is 7.31. The Kier molecular flexibility index (Phi) is 4.95. The first kappa shape index (κ1) is 16.9. The van der Waals surface area contributed by atoms with Gasteiger partial charge < -0.3 is 14.5 Å². The molecule has 0 spiro atoms. The maximum absolute atomic E-state index is 13.2. The van der Waals surface area contributed by atoms with Crippen LogP contribution < -0.4 is 10.1 Å². The van der Waals surface area contributed by atoms with Crippen LogP contribution >= 0.6 is 11.6 Å². The summed E-state index contributed by atoms with van der Waals surface area (Å²) < 4.78 is 23.7. The highest BCUT2D eigenvalue weighted by Gasteiger charge is 2.13. The molecular weight excluding hydrogens is 349 g/mol. The summed E-state index contributed by atoms with van der Waals surface area (Å²) in [4.78, 5) is 12.1. The topological polar surface area (TPSA) is 77.2 Å². The normalized spacial score (nSPS) is 10.5. The standard InChI is InChI=1S/C17H13ClFN3O3/c1-24-14-6-5-12(8-13(14)18)20-15(23)9-16-21-22-17(25-16)10-3-2-4-11(19)7-10/h2-8H,9H2,1H3,(H,20,23). The second-order valence-corrected chi connectivity index (χ2v) is 5.49. The van der Waals surface area contributed by atoms with Gasteiger partial charge in [-0.15, -0.1) is 10.2 Å². The Labute approximate surface area is 147 Å². The Hall–Kier alpha value is -2.93. The van der Waals surface area contributed by atoms with Gasteiger partial charge in [0.15, 0.2) is 0 Å². The van der Waals surface area contributed by atoms with E-state index in [0.717, 1.165) is 0 Å². The Morgan fingerprint density at radius 3 is 2.84 bits per heavy atom. The Morgan fingerprint density at radius 2 is 2.12 bits per heavy atom. The van der Waals surface area contributed by atoms with Crippen molar-refractivity contribution >= 4 is 23.2 Å². The van der Waals surface area contributed by atoms with Gasteiger partial charge in [0.2, 0.25) is 17.7 Å². The molecule has 128 valence electrons. The zero-order valence-corrected chi connectivity index (χ0v) is 13.9. The quantitative estimate of drug-likeness (QED) is 0.749. The predicted octanol–water partition coefficient (Wildman–Crippen LogP) is 3.72. The summed E-state index contributed by atoms with van der Waals surface area (Å²) in [6, 6.07) is 10.6. The van der Waals surface area contributed by atoms with E-state index in [4.69, 9.17) is 20.8 Å². The highest BCUT2D eigenvalue weighted by Crippen LogP contribution is 2.27. The van der Waals surface area contributed by atoms with E-state index in [2.05, 4.69) is 15.5 Å². The first-order chi connectivity index (χ1) is 12.0. The number of nitrogens with zero attached hydrogens (tertiary/aromatic N) is 2. The van der Waals surface area contributed by atoms with Crippen molar-refractivity contribution in [2.24, 2.45) is 0 Å². The summed E-state index contributed by atoms with van der Waals surface area (Å²) in [7, 11) is 1.51. The number of nitrogens with one attached hydrogen (secondary N) is 1. The van der Waals surface area contributed by atoms with E-state index < -0.39 is 5.82 Å². The van der Waals surface area contributed by atoms with Gasteiger partial charge in [-0.05, 0) is 36.4 Å². The second-order valence-electron chi connectivity index (χ2n) is 5.09. The molecule has 25 heavy (non-hydrogen) atoms. The van der Waals surface area contributed by atoms with Crippen LogP contribution in [0.4, 0.5) is 10.1 Å². The van der Waals surface area contributed by atoms with Crippen LogP contribution in [0.25, 0.3) is 11.5 Å². The van der Waals surface area contributed by atoms with Gasteiger partial charge in [-0.1, -0.05) is 17.7 Å². The number of methoxy groups -OCH3 is 1. The first-order valence-electron chi connectivity index (χ1n) is 7.27. The summed E-state index contributed by atoms with van der Waals surface area (Å²) in [5.41, 5.74) is 0.960. The van der Waals surface area contributed by atoms with E-state index in [1.165, 1.54) is 25.3 Å². The van der Waals surface area contributed by atoms with Gasteiger partial charge >= 0.3 is 0 Å². The molecule has 6 nitrogen and oxygen atoms in total. The number of carbonyl (C=O) groups excluding carboxylic acids is 1. The molecule has 3 aromatic rings. The fourth-order valence-corrected chi connectivity index (χ4v) is 2.41. The first-order valence-corrected chi connectivity index (χ1v) is 7.64. The number of halogens is 2. The summed E-state index contributed by atoms with van der Waals surface area (Å²) in [5, 5.41) is 10.7. The van der Waals surface area contributed by atoms with Gasteiger partial charge in [0.05, 0.1) is 12.1 Å². The number of anilines is 1. The van der Waals surface area contributed by atoms with Crippen LogP contribution in [-0.2, 0) is 11.2 Å². The van der Waals surface area contributed by atoms with Gasteiger partial charge in [-0.2, -0.15) is 0 Å². The summed E-state index contributed by atoms with van der Waals surface area (Å²) in [5.74, 6) is 0.0181. The zero-order chi connectivity index (χ0) is 17.8. The molecule has 0 bridgehead atoms. The average molecular weight is 362 g/mol. The number of hydrogen-bond donors (Lipinski definition) is 1. The third-order valence-corrected chi connectivity index (χ3v) is 3.58. The maximum Gasteiger partial charge on any atom is 0.247 e. The van der Waals surface area contributed by atoms with Crippen molar-refractivity contribution in [2.45, 2.75) is 6.42 Å². The lowest BCUT2D eigenvalue weighted by Crippen LogP contribution is -2.14. The number of hydrogen-bond acceptors (Lipinski definition) is 5. The van der Waals surface area contributed by atoms with Crippen molar-refractivity contribution in [3.8, 4) is 17.2 Å². The van der Waals surface area contributed by atoms with Crippen LogP contribution in [0.1, 0.15) is 5.89 Å². The number of ether oxygens (including phenoxy) is 1. The van der Waals surface area contributed by atoms with Gasteiger partial charge in [-0.25, -0.2) is 4.39 Å². The summed E-state index contributed by atoms with van der Waals surface area (Å²) >= 11 is 6.01. The molecule has 0 aliphatic carbocycles. The van der Waals surface area contributed by atoms with E-state index in [1.54, 1.807) is 24.3 Å². The van der Waals surface area contributed by atoms with Crippen LogP contribution in [-0.4, -0.2) is 23.2 Å². The molecule has 1 heterocycles. The van der Waals surface area contributed by atoms with E-state index in [-0.39, 0.29) is 24.1 Å². The van der Waals surface area contributed by atoms with Crippen molar-refractivity contribution in [1.82, 2.24) is 10.2 Å². The minimum Gasteiger partial charge on any atom is -0.495 e. The zero-order valence-electron chi connectivity index (χ0n) is 13.1. The lowest BCUT2D eigenvalue weighted by molar-refractivity contribution is -0.115. The molecule has 0 saturated carbocycles. The molecule has 0 fully saturated rings. The summed E-state index contributed by atoms with van der Waals surface area (Å²) in [6.07, 6.45) is -0.119. The Bertz CT molecular complexity index is 914. The number of aromatic nitrogens is 2. The Balaban J connectivity index is 1.66. The number of amides is 1. The predicted molar refractivity (Wildman–Crippen MR) is 90.0 cm³/mol. The lowest BCUT2D eigenvalue weighted by atomic mass is 10.2. The third-order valence-electron chi connectivity index (χ3n) is 3.29. The van der Waals surface area contributed by atoms with Crippen molar-refractivity contribution in [1.29, 1.82) is 0 Å². The third kappa shape index (κ3) is 4.13. The molecule has 0 radical (unpaired) electrons. The number of benzene rings is 2. The van der Waals surface area contributed by atoms with E-state index >= 15 is 0 Å². The fourth-order valence-electron chi connectivity index (χ4n) is 2.15. The minimum atomic E-state index is -0.411. The molecule has 1 amide bonds. The molecule has 1 aromatic heterocycles. The van der Waals surface area contributed by atoms with E-state index in [0.29, 0.717) is 22.0 Å². The average Bonchev–Trinajstić information content (AvgIpc) is 3.03.